The number of rotatable bonds is 2. The van der Waals surface area contributed by atoms with Gasteiger partial charge in [-0.2, -0.15) is 0 Å². The lowest BCUT2D eigenvalue weighted by atomic mass is 10.2. The first kappa shape index (κ1) is 10.7. The Labute approximate surface area is 86.5 Å². The van der Waals surface area contributed by atoms with Crippen LogP contribution < -0.4 is 0 Å². The third-order valence-electron chi connectivity index (χ3n) is 1.63. The molecule has 5 heteroatoms. The molecule has 1 aromatic rings. The van der Waals surface area contributed by atoms with E-state index < -0.39 is 0 Å². The molecule has 0 atom stereocenters. The number of pyridine rings is 1. The lowest BCUT2D eigenvalue weighted by molar-refractivity contribution is 0.0827. The molecule has 0 radical (unpaired) electrons. The normalized spacial score (nSPS) is 9.64. The highest BCUT2D eigenvalue weighted by molar-refractivity contribution is 6.32. The summed E-state index contributed by atoms with van der Waals surface area (Å²) in [6, 6.07) is 1.42. The summed E-state index contributed by atoms with van der Waals surface area (Å²) in [4.78, 5) is 27.1. The van der Waals surface area contributed by atoms with Gasteiger partial charge in [-0.3, -0.25) is 9.59 Å². The average molecular weight is 213 g/mol. The second kappa shape index (κ2) is 4.19. The van der Waals surface area contributed by atoms with Crippen LogP contribution in [0.3, 0.4) is 0 Å². The second-order valence-electron chi connectivity index (χ2n) is 2.92. The highest BCUT2D eigenvalue weighted by atomic mass is 35.5. The van der Waals surface area contributed by atoms with E-state index in [0.29, 0.717) is 11.8 Å². The maximum Gasteiger partial charge on any atom is 0.256 e. The van der Waals surface area contributed by atoms with Crippen molar-refractivity contribution in [3.8, 4) is 0 Å². The van der Waals surface area contributed by atoms with Gasteiger partial charge in [-0.05, 0) is 6.07 Å². The number of aldehydes is 1. The number of nitrogens with zero attached hydrogens (tertiary/aromatic N) is 2. The second-order valence-corrected chi connectivity index (χ2v) is 3.28. The van der Waals surface area contributed by atoms with Crippen LogP contribution in [-0.4, -0.2) is 36.2 Å². The van der Waals surface area contributed by atoms with Gasteiger partial charge in [0.1, 0.15) is 5.15 Å². The Morgan fingerprint density at radius 2 is 2.21 bits per heavy atom. The molecule has 0 unspecified atom stereocenters. The molecule has 0 aliphatic carbocycles. The fraction of sp³-hybridized carbons (Fsp3) is 0.222. The van der Waals surface area contributed by atoms with Crippen molar-refractivity contribution in [1.29, 1.82) is 0 Å². The number of aromatic nitrogens is 1. The third-order valence-corrected chi connectivity index (χ3v) is 1.93. The van der Waals surface area contributed by atoms with Crippen LogP contribution in [0.5, 0.6) is 0 Å². The molecule has 1 rings (SSSR count). The van der Waals surface area contributed by atoms with Crippen molar-refractivity contribution in [3.63, 3.8) is 0 Å². The molecule has 14 heavy (non-hydrogen) atoms. The molecule has 74 valence electrons. The van der Waals surface area contributed by atoms with Crippen molar-refractivity contribution in [3.05, 3.63) is 28.5 Å². The molecule has 4 nitrogen and oxygen atoms in total. The van der Waals surface area contributed by atoms with Gasteiger partial charge in [0, 0.05) is 25.9 Å². The Balaban J connectivity index is 3.18. The lowest BCUT2D eigenvalue weighted by Gasteiger charge is -2.10. The molecule has 1 amide bonds. The van der Waals surface area contributed by atoms with Crippen molar-refractivity contribution in [1.82, 2.24) is 9.88 Å². The molecule has 0 saturated heterocycles. The number of hydrogen-bond acceptors (Lipinski definition) is 3. The predicted molar refractivity (Wildman–Crippen MR) is 52.7 cm³/mol. The smallest absolute Gasteiger partial charge is 0.256 e. The summed E-state index contributed by atoms with van der Waals surface area (Å²) in [5.41, 5.74) is 0.570. The number of halogens is 1. The van der Waals surface area contributed by atoms with Gasteiger partial charge in [0.2, 0.25) is 0 Å². The largest absolute Gasteiger partial charge is 0.345 e. The van der Waals surface area contributed by atoms with E-state index in [-0.39, 0.29) is 16.6 Å². The molecule has 0 aliphatic rings. The fourth-order valence-electron chi connectivity index (χ4n) is 0.920. The molecule has 1 aromatic heterocycles. The zero-order valence-corrected chi connectivity index (χ0v) is 8.58. The van der Waals surface area contributed by atoms with Crippen molar-refractivity contribution in [2.75, 3.05) is 14.1 Å². The fourth-order valence-corrected chi connectivity index (χ4v) is 1.10. The van der Waals surface area contributed by atoms with Crippen LogP contribution in [0.25, 0.3) is 0 Å². The summed E-state index contributed by atoms with van der Waals surface area (Å²) < 4.78 is 0. The number of carbonyl (C=O) groups is 2. The summed E-state index contributed by atoms with van der Waals surface area (Å²) in [6.07, 6.45) is 1.94. The monoisotopic (exact) mass is 212 g/mol. The standard InChI is InChI=1S/C9H9ClN2O2/c1-12(2)9(14)7-3-6(5-13)4-11-8(7)10/h3-5H,1-2H3. The van der Waals surface area contributed by atoms with Gasteiger partial charge in [0.25, 0.3) is 5.91 Å². The summed E-state index contributed by atoms with van der Waals surface area (Å²) in [6.45, 7) is 0. The quantitative estimate of drug-likeness (QED) is 0.548. The van der Waals surface area contributed by atoms with Gasteiger partial charge < -0.3 is 4.90 Å². The van der Waals surface area contributed by atoms with Crippen LogP contribution >= 0.6 is 11.6 Å². The minimum Gasteiger partial charge on any atom is -0.345 e. The Kier molecular flexibility index (Phi) is 3.19. The van der Waals surface area contributed by atoms with E-state index in [2.05, 4.69) is 4.98 Å². The van der Waals surface area contributed by atoms with Gasteiger partial charge in [0.15, 0.2) is 6.29 Å². The predicted octanol–water partition coefficient (Wildman–Crippen LogP) is 1.25. The zero-order chi connectivity index (χ0) is 10.7. The highest BCUT2D eigenvalue weighted by Crippen LogP contribution is 2.14. The van der Waals surface area contributed by atoms with Crippen LogP contribution in [0.1, 0.15) is 20.7 Å². The number of amides is 1. The van der Waals surface area contributed by atoms with Crippen LogP contribution in [0.15, 0.2) is 12.3 Å². The SMILES string of the molecule is CN(C)C(=O)c1cc(C=O)cnc1Cl. The molecular formula is C9H9ClN2O2. The van der Waals surface area contributed by atoms with Crippen molar-refractivity contribution >= 4 is 23.8 Å². The lowest BCUT2D eigenvalue weighted by Crippen LogP contribution is -2.22. The van der Waals surface area contributed by atoms with Crippen LogP contribution in [0.2, 0.25) is 5.15 Å². The molecule has 0 saturated carbocycles. The van der Waals surface area contributed by atoms with E-state index in [1.165, 1.54) is 17.2 Å². The molecule has 0 bridgehead atoms. The van der Waals surface area contributed by atoms with Gasteiger partial charge in [-0.1, -0.05) is 11.6 Å². The molecule has 0 fully saturated rings. The van der Waals surface area contributed by atoms with Crippen LogP contribution in [0, 0.1) is 0 Å². The molecule has 0 spiro atoms. The highest BCUT2D eigenvalue weighted by Gasteiger charge is 2.13. The zero-order valence-electron chi connectivity index (χ0n) is 7.82. The van der Waals surface area contributed by atoms with Crippen molar-refractivity contribution in [2.45, 2.75) is 0 Å². The first-order valence-electron chi connectivity index (χ1n) is 3.88. The minimum atomic E-state index is -0.272. The first-order chi connectivity index (χ1) is 6.56. The van der Waals surface area contributed by atoms with Crippen molar-refractivity contribution < 1.29 is 9.59 Å². The molecule has 0 N–H and O–H groups in total. The Hall–Kier alpha value is -1.42. The average Bonchev–Trinajstić information content (AvgIpc) is 2.17. The van der Waals surface area contributed by atoms with Gasteiger partial charge in [-0.15, -0.1) is 0 Å². The van der Waals surface area contributed by atoms with Crippen molar-refractivity contribution in [2.24, 2.45) is 0 Å². The summed E-state index contributed by atoms with van der Waals surface area (Å²) in [5, 5.41) is 0.106. The summed E-state index contributed by atoms with van der Waals surface area (Å²) in [7, 11) is 3.21. The molecule has 0 aromatic carbocycles. The third kappa shape index (κ3) is 2.09. The number of hydrogen-bond donors (Lipinski definition) is 0. The van der Waals surface area contributed by atoms with Crippen LogP contribution in [-0.2, 0) is 0 Å². The van der Waals surface area contributed by atoms with Gasteiger partial charge in [0.05, 0.1) is 5.56 Å². The Morgan fingerprint density at radius 3 is 2.71 bits per heavy atom. The van der Waals surface area contributed by atoms with E-state index in [9.17, 15) is 9.59 Å². The van der Waals surface area contributed by atoms with E-state index >= 15 is 0 Å². The minimum absolute atomic E-state index is 0.106. The topological polar surface area (TPSA) is 50.3 Å². The molecule has 1 heterocycles. The number of carbonyl (C=O) groups excluding carboxylic acids is 2. The van der Waals surface area contributed by atoms with E-state index in [1.54, 1.807) is 14.1 Å². The summed E-state index contributed by atoms with van der Waals surface area (Å²) in [5.74, 6) is -0.272. The Morgan fingerprint density at radius 1 is 1.57 bits per heavy atom. The maximum atomic E-state index is 11.5. The summed E-state index contributed by atoms with van der Waals surface area (Å²) >= 11 is 5.72. The van der Waals surface area contributed by atoms with Crippen LogP contribution in [0.4, 0.5) is 0 Å². The first-order valence-corrected chi connectivity index (χ1v) is 4.26. The van der Waals surface area contributed by atoms with E-state index in [1.807, 2.05) is 0 Å². The molecular weight excluding hydrogens is 204 g/mol. The van der Waals surface area contributed by atoms with Gasteiger partial charge in [-0.25, -0.2) is 4.98 Å². The molecule has 0 aliphatic heterocycles. The van der Waals surface area contributed by atoms with E-state index in [0.717, 1.165) is 0 Å². The Bertz CT molecular complexity index is 377. The van der Waals surface area contributed by atoms with E-state index in [4.69, 9.17) is 11.6 Å². The maximum absolute atomic E-state index is 11.5. The van der Waals surface area contributed by atoms with Gasteiger partial charge >= 0.3 is 0 Å².